The first-order valence-corrected chi connectivity index (χ1v) is 11.0. The minimum atomic E-state index is -3.20. The van der Waals surface area contributed by atoms with Crippen LogP contribution in [0.25, 0.3) is 11.0 Å². The molecule has 1 fully saturated rings. The number of hydrogen-bond donors (Lipinski definition) is 0. The normalized spacial score (nSPS) is 18.2. The van der Waals surface area contributed by atoms with Gasteiger partial charge >= 0.3 is 0 Å². The lowest BCUT2D eigenvalue weighted by Gasteiger charge is -2.28. The fourth-order valence-electron chi connectivity index (χ4n) is 3.68. The van der Waals surface area contributed by atoms with E-state index in [0.717, 1.165) is 0 Å². The van der Waals surface area contributed by atoms with Gasteiger partial charge in [-0.2, -0.15) is 0 Å². The Morgan fingerprint density at radius 3 is 2.52 bits per heavy atom. The summed E-state index contributed by atoms with van der Waals surface area (Å²) < 4.78 is 56.1. The largest absolute Gasteiger partial charge is 0.464 e. The van der Waals surface area contributed by atoms with E-state index in [9.17, 15) is 22.0 Å². The Morgan fingerprint density at radius 1 is 1.10 bits per heavy atom. The molecule has 2 aromatic carbocycles. The monoisotopic (exact) mass is 419 g/mol. The van der Waals surface area contributed by atoms with E-state index in [4.69, 9.17) is 4.42 Å². The topological polar surface area (TPSA) is 67.6 Å². The maximum atomic E-state index is 13.6. The third kappa shape index (κ3) is 4.32. The summed E-state index contributed by atoms with van der Waals surface area (Å²) in [6.07, 6.45) is 1.73. The number of carbonyl (C=O) groups is 1. The van der Waals surface area contributed by atoms with E-state index in [1.54, 1.807) is 12.1 Å². The van der Waals surface area contributed by atoms with E-state index in [1.165, 1.54) is 41.5 Å². The predicted molar refractivity (Wildman–Crippen MR) is 104 cm³/mol. The fourth-order valence-corrected chi connectivity index (χ4v) is 5.41. The highest BCUT2D eigenvalue weighted by Gasteiger charge is 2.34. The number of fused-ring (bicyclic) bond motifs is 1. The summed E-state index contributed by atoms with van der Waals surface area (Å²) in [5, 5.41) is 0.513. The molecule has 8 heteroatoms. The fraction of sp³-hybridized carbons (Fsp3) is 0.286. The van der Waals surface area contributed by atoms with Gasteiger partial charge in [0.2, 0.25) is 5.91 Å². The number of nitrogens with zero attached hydrogens (tertiary/aromatic N) is 1. The van der Waals surface area contributed by atoms with Crippen molar-refractivity contribution < 1.29 is 26.4 Å². The van der Waals surface area contributed by atoms with Gasteiger partial charge in [0.15, 0.2) is 9.84 Å². The number of sulfone groups is 1. The summed E-state index contributed by atoms with van der Waals surface area (Å²) in [4.78, 5) is 14.7. The molecule has 1 aromatic heterocycles. The third-order valence-corrected chi connectivity index (χ3v) is 6.94. The number of halogens is 2. The van der Waals surface area contributed by atoms with Gasteiger partial charge in [0.05, 0.1) is 24.2 Å². The first-order valence-electron chi connectivity index (χ1n) is 9.21. The SMILES string of the molecule is O=C(Cc1coc2ccc(F)cc12)N(Cc1ccc(F)cc1)C1CCS(=O)(=O)C1. The van der Waals surface area contributed by atoms with Crippen molar-refractivity contribution in [3.8, 4) is 0 Å². The van der Waals surface area contributed by atoms with Crippen molar-refractivity contribution in [1.82, 2.24) is 4.90 Å². The molecule has 1 atom stereocenters. The summed E-state index contributed by atoms with van der Waals surface area (Å²) in [5.41, 5.74) is 1.71. The first-order chi connectivity index (χ1) is 13.8. The Bertz CT molecular complexity index is 1160. The maximum absolute atomic E-state index is 13.6. The highest BCUT2D eigenvalue weighted by molar-refractivity contribution is 7.91. The van der Waals surface area contributed by atoms with Crippen LogP contribution in [-0.2, 0) is 27.6 Å². The molecule has 152 valence electrons. The van der Waals surface area contributed by atoms with Crippen molar-refractivity contribution in [3.05, 3.63) is 71.5 Å². The van der Waals surface area contributed by atoms with Crippen LogP contribution in [0.3, 0.4) is 0 Å². The number of furan rings is 1. The molecule has 4 rings (SSSR count). The predicted octanol–water partition coefficient (Wildman–Crippen LogP) is 3.47. The Morgan fingerprint density at radius 2 is 1.83 bits per heavy atom. The zero-order chi connectivity index (χ0) is 20.6. The maximum Gasteiger partial charge on any atom is 0.227 e. The molecule has 1 unspecified atom stereocenters. The van der Waals surface area contributed by atoms with Gasteiger partial charge < -0.3 is 9.32 Å². The molecule has 29 heavy (non-hydrogen) atoms. The average Bonchev–Trinajstić information content (AvgIpc) is 3.23. The molecule has 3 aromatic rings. The van der Waals surface area contributed by atoms with Crippen LogP contribution >= 0.6 is 0 Å². The highest BCUT2D eigenvalue weighted by atomic mass is 32.2. The Balaban J connectivity index is 1.61. The Hall–Kier alpha value is -2.74. The molecule has 0 saturated carbocycles. The van der Waals surface area contributed by atoms with Gasteiger partial charge in [-0.05, 0) is 42.3 Å². The van der Waals surface area contributed by atoms with Crippen molar-refractivity contribution >= 4 is 26.7 Å². The zero-order valence-electron chi connectivity index (χ0n) is 15.5. The Kier molecular flexibility index (Phi) is 5.12. The van der Waals surface area contributed by atoms with Crippen molar-refractivity contribution in [3.63, 3.8) is 0 Å². The minimum Gasteiger partial charge on any atom is -0.464 e. The van der Waals surface area contributed by atoms with Gasteiger partial charge in [-0.25, -0.2) is 17.2 Å². The molecule has 1 aliphatic heterocycles. The summed E-state index contributed by atoms with van der Waals surface area (Å²) in [5.74, 6) is -1.17. The number of rotatable bonds is 5. The lowest BCUT2D eigenvalue weighted by atomic mass is 10.1. The van der Waals surface area contributed by atoms with Gasteiger partial charge in [0.25, 0.3) is 0 Å². The molecule has 2 heterocycles. The van der Waals surface area contributed by atoms with Crippen molar-refractivity contribution in [2.75, 3.05) is 11.5 Å². The number of carbonyl (C=O) groups excluding carboxylic acids is 1. The van der Waals surface area contributed by atoms with Crippen LogP contribution in [0.4, 0.5) is 8.78 Å². The number of hydrogen-bond acceptors (Lipinski definition) is 4. The van der Waals surface area contributed by atoms with Crippen LogP contribution in [-0.4, -0.2) is 36.8 Å². The summed E-state index contributed by atoms with van der Waals surface area (Å²) in [6.45, 7) is 0.170. The third-order valence-electron chi connectivity index (χ3n) is 5.19. The van der Waals surface area contributed by atoms with Crippen LogP contribution in [0.5, 0.6) is 0 Å². The molecular weight excluding hydrogens is 400 g/mol. The quantitative estimate of drug-likeness (QED) is 0.635. The van der Waals surface area contributed by atoms with E-state index in [1.807, 2.05) is 0 Å². The summed E-state index contributed by atoms with van der Waals surface area (Å²) >= 11 is 0. The van der Waals surface area contributed by atoms with Gasteiger partial charge in [-0.1, -0.05) is 12.1 Å². The molecule has 0 N–H and O–H groups in total. The second-order valence-electron chi connectivity index (χ2n) is 7.28. The Labute approximate surface area is 166 Å². The smallest absolute Gasteiger partial charge is 0.227 e. The lowest BCUT2D eigenvalue weighted by Crippen LogP contribution is -2.41. The lowest BCUT2D eigenvalue weighted by molar-refractivity contribution is -0.133. The van der Waals surface area contributed by atoms with Crippen LogP contribution in [0.15, 0.2) is 53.1 Å². The standard InChI is InChI=1S/C21H19F2NO4S/c22-16-3-1-14(2-4-16)11-24(18-7-8-29(26,27)13-18)21(25)9-15-12-28-20-6-5-17(23)10-19(15)20/h1-6,10,12,18H,7-9,11,13H2. The van der Waals surface area contributed by atoms with Gasteiger partial charge in [0, 0.05) is 23.5 Å². The number of benzene rings is 2. The second-order valence-corrected chi connectivity index (χ2v) is 9.51. The zero-order valence-corrected chi connectivity index (χ0v) is 16.3. The molecule has 0 aliphatic carbocycles. The highest BCUT2D eigenvalue weighted by Crippen LogP contribution is 2.25. The van der Waals surface area contributed by atoms with Crippen LogP contribution in [0.2, 0.25) is 0 Å². The number of amides is 1. The summed E-state index contributed by atoms with van der Waals surface area (Å²) in [7, 11) is -3.20. The molecular formula is C21H19F2NO4S. The molecule has 1 aliphatic rings. The molecule has 0 radical (unpaired) electrons. The van der Waals surface area contributed by atoms with Crippen molar-refractivity contribution in [1.29, 1.82) is 0 Å². The van der Waals surface area contributed by atoms with Gasteiger partial charge in [0.1, 0.15) is 17.2 Å². The second kappa shape index (κ2) is 7.59. The van der Waals surface area contributed by atoms with Crippen LogP contribution in [0, 0.1) is 11.6 Å². The minimum absolute atomic E-state index is 0.0325. The van der Waals surface area contributed by atoms with Gasteiger partial charge in [-0.3, -0.25) is 4.79 Å². The van der Waals surface area contributed by atoms with Gasteiger partial charge in [-0.15, -0.1) is 0 Å². The first kappa shape index (κ1) is 19.6. The van der Waals surface area contributed by atoms with E-state index >= 15 is 0 Å². The molecule has 5 nitrogen and oxygen atoms in total. The average molecular weight is 419 g/mol. The van der Waals surface area contributed by atoms with Crippen molar-refractivity contribution in [2.45, 2.75) is 25.4 Å². The van der Waals surface area contributed by atoms with E-state index in [0.29, 0.717) is 28.5 Å². The van der Waals surface area contributed by atoms with Crippen molar-refractivity contribution in [2.24, 2.45) is 0 Å². The van der Waals surface area contributed by atoms with E-state index < -0.39 is 21.7 Å². The van der Waals surface area contributed by atoms with E-state index in [-0.39, 0.29) is 36.2 Å². The molecule has 1 amide bonds. The molecule has 1 saturated heterocycles. The summed E-state index contributed by atoms with van der Waals surface area (Å²) in [6, 6.07) is 9.38. The molecule has 0 spiro atoms. The van der Waals surface area contributed by atoms with E-state index in [2.05, 4.69) is 0 Å². The van der Waals surface area contributed by atoms with Crippen LogP contribution in [0.1, 0.15) is 17.5 Å². The van der Waals surface area contributed by atoms with Crippen LogP contribution < -0.4 is 0 Å². The molecule has 0 bridgehead atoms.